The van der Waals surface area contributed by atoms with Gasteiger partial charge < -0.3 is 16.0 Å². The maximum absolute atomic E-state index is 11.7. The first-order chi connectivity index (χ1) is 7.19. The molecule has 88 valence electrons. The quantitative estimate of drug-likeness (QED) is 0.735. The second-order valence-corrected chi connectivity index (χ2v) is 4.44. The van der Waals surface area contributed by atoms with Crippen LogP contribution in [0.25, 0.3) is 0 Å². The van der Waals surface area contributed by atoms with Crippen molar-refractivity contribution in [3.05, 3.63) is 0 Å². The van der Waals surface area contributed by atoms with Gasteiger partial charge in [-0.2, -0.15) is 0 Å². The zero-order valence-corrected chi connectivity index (χ0v) is 9.83. The van der Waals surface area contributed by atoms with Crippen molar-refractivity contribution in [1.29, 1.82) is 0 Å². The molecule has 2 atom stereocenters. The number of hydrogen-bond acceptors (Lipinski definition) is 2. The molecule has 1 saturated heterocycles. The number of nitrogens with zero attached hydrogens (tertiary/aromatic N) is 1. The number of hydrogen-bond donors (Lipinski definition) is 2. The second-order valence-electron chi connectivity index (χ2n) is 4.44. The molecule has 1 rings (SSSR count). The molecule has 0 aromatic heterocycles. The summed E-state index contributed by atoms with van der Waals surface area (Å²) in [6, 6.07) is 0.0826. The summed E-state index contributed by atoms with van der Waals surface area (Å²) in [7, 11) is 0. The highest BCUT2D eigenvalue weighted by molar-refractivity contribution is 5.74. The van der Waals surface area contributed by atoms with E-state index in [0.717, 1.165) is 39.0 Å². The van der Waals surface area contributed by atoms with E-state index in [1.165, 1.54) is 0 Å². The molecule has 1 heterocycles. The van der Waals surface area contributed by atoms with Crippen LogP contribution in [-0.4, -0.2) is 37.1 Å². The Bertz CT molecular complexity index is 208. The molecule has 0 aromatic carbocycles. The van der Waals surface area contributed by atoms with Crippen molar-refractivity contribution < 1.29 is 4.79 Å². The lowest BCUT2D eigenvalue weighted by molar-refractivity contribution is 0.140. The molecule has 0 saturated carbocycles. The Morgan fingerprint density at radius 1 is 1.60 bits per heavy atom. The van der Waals surface area contributed by atoms with Gasteiger partial charge in [-0.3, -0.25) is 0 Å². The van der Waals surface area contributed by atoms with Gasteiger partial charge >= 0.3 is 6.03 Å². The largest absolute Gasteiger partial charge is 0.338 e. The minimum Gasteiger partial charge on any atom is -0.338 e. The van der Waals surface area contributed by atoms with E-state index in [-0.39, 0.29) is 6.03 Å². The average Bonchev–Trinajstić information content (AvgIpc) is 2.25. The van der Waals surface area contributed by atoms with E-state index < -0.39 is 0 Å². The first-order valence-electron chi connectivity index (χ1n) is 5.91. The van der Waals surface area contributed by atoms with Gasteiger partial charge in [0.15, 0.2) is 0 Å². The molecule has 1 aliphatic heterocycles. The molecular formula is C11H23N3O. The van der Waals surface area contributed by atoms with Crippen LogP contribution in [0.15, 0.2) is 0 Å². The van der Waals surface area contributed by atoms with Gasteiger partial charge in [-0.05, 0) is 31.2 Å². The maximum Gasteiger partial charge on any atom is 0.317 e. The normalized spacial score (nSPS) is 26.5. The van der Waals surface area contributed by atoms with Crippen LogP contribution < -0.4 is 11.1 Å². The summed E-state index contributed by atoms with van der Waals surface area (Å²) in [4.78, 5) is 13.6. The molecule has 2 amide bonds. The van der Waals surface area contributed by atoms with Crippen molar-refractivity contribution >= 4 is 6.03 Å². The standard InChI is InChI=1S/C11H23N3O/c1-3-5-13-11(15)14-6-4-10(7-12)9(2)8-14/h9-10H,3-8,12H2,1-2H3,(H,13,15). The van der Waals surface area contributed by atoms with Gasteiger partial charge in [-0.1, -0.05) is 13.8 Å². The molecule has 0 radical (unpaired) electrons. The van der Waals surface area contributed by atoms with Crippen LogP contribution >= 0.6 is 0 Å². The van der Waals surface area contributed by atoms with Crippen LogP contribution in [-0.2, 0) is 0 Å². The van der Waals surface area contributed by atoms with Crippen molar-refractivity contribution in [3.8, 4) is 0 Å². The number of urea groups is 1. The molecule has 2 unspecified atom stereocenters. The van der Waals surface area contributed by atoms with E-state index in [2.05, 4.69) is 19.2 Å². The smallest absolute Gasteiger partial charge is 0.317 e. The van der Waals surface area contributed by atoms with Gasteiger partial charge in [0.25, 0.3) is 0 Å². The third-order valence-corrected chi connectivity index (χ3v) is 3.20. The van der Waals surface area contributed by atoms with Crippen molar-refractivity contribution in [1.82, 2.24) is 10.2 Å². The molecular weight excluding hydrogens is 190 g/mol. The lowest BCUT2D eigenvalue weighted by Crippen LogP contribution is -2.48. The molecule has 0 aromatic rings. The van der Waals surface area contributed by atoms with Gasteiger partial charge in [0, 0.05) is 19.6 Å². The van der Waals surface area contributed by atoms with E-state index >= 15 is 0 Å². The van der Waals surface area contributed by atoms with E-state index in [1.54, 1.807) is 0 Å². The fourth-order valence-corrected chi connectivity index (χ4v) is 2.07. The van der Waals surface area contributed by atoms with Crippen LogP contribution in [0.4, 0.5) is 4.79 Å². The Morgan fingerprint density at radius 2 is 2.33 bits per heavy atom. The molecule has 1 fully saturated rings. The third kappa shape index (κ3) is 3.38. The SMILES string of the molecule is CCCNC(=O)N1CCC(CN)C(C)C1. The Morgan fingerprint density at radius 3 is 2.87 bits per heavy atom. The third-order valence-electron chi connectivity index (χ3n) is 3.20. The van der Waals surface area contributed by atoms with E-state index in [9.17, 15) is 4.79 Å². The monoisotopic (exact) mass is 213 g/mol. The summed E-state index contributed by atoms with van der Waals surface area (Å²) in [6.07, 6.45) is 2.03. The van der Waals surface area contributed by atoms with Gasteiger partial charge in [-0.25, -0.2) is 4.79 Å². The molecule has 0 spiro atoms. The average molecular weight is 213 g/mol. The molecule has 15 heavy (non-hydrogen) atoms. The molecule has 1 aliphatic rings. The van der Waals surface area contributed by atoms with Gasteiger partial charge in [0.2, 0.25) is 0 Å². The lowest BCUT2D eigenvalue weighted by Gasteiger charge is -2.36. The van der Waals surface area contributed by atoms with Crippen molar-refractivity contribution in [2.75, 3.05) is 26.2 Å². The van der Waals surface area contributed by atoms with Crippen molar-refractivity contribution in [3.63, 3.8) is 0 Å². The maximum atomic E-state index is 11.7. The predicted molar refractivity (Wildman–Crippen MR) is 61.6 cm³/mol. The van der Waals surface area contributed by atoms with Crippen LogP contribution in [0, 0.1) is 11.8 Å². The first kappa shape index (κ1) is 12.3. The summed E-state index contributed by atoms with van der Waals surface area (Å²) in [6.45, 7) is 7.44. The van der Waals surface area contributed by atoms with Crippen LogP contribution in [0.1, 0.15) is 26.7 Å². The highest BCUT2D eigenvalue weighted by Gasteiger charge is 2.27. The summed E-state index contributed by atoms with van der Waals surface area (Å²) in [5.74, 6) is 1.11. The van der Waals surface area contributed by atoms with Crippen molar-refractivity contribution in [2.24, 2.45) is 17.6 Å². The van der Waals surface area contributed by atoms with Crippen molar-refractivity contribution in [2.45, 2.75) is 26.7 Å². The van der Waals surface area contributed by atoms with Crippen LogP contribution in [0.2, 0.25) is 0 Å². The van der Waals surface area contributed by atoms with E-state index in [0.29, 0.717) is 11.8 Å². The Labute approximate surface area is 92.2 Å². The zero-order chi connectivity index (χ0) is 11.3. The molecule has 4 nitrogen and oxygen atoms in total. The molecule has 0 bridgehead atoms. The predicted octanol–water partition coefficient (Wildman–Crippen LogP) is 1.02. The number of amides is 2. The molecule has 4 heteroatoms. The second kappa shape index (κ2) is 5.95. The summed E-state index contributed by atoms with van der Waals surface area (Å²) in [5.41, 5.74) is 5.68. The Kier molecular flexibility index (Phi) is 4.88. The number of nitrogens with two attached hydrogens (primary N) is 1. The van der Waals surface area contributed by atoms with E-state index in [4.69, 9.17) is 5.73 Å². The van der Waals surface area contributed by atoms with Gasteiger partial charge in [0.05, 0.1) is 0 Å². The lowest BCUT2D eigenvalue weighted by atomic mass is 9.87. The highest BCUT2D eigenvalue weighted by atomic mass is 16.2. The minimum atomic E-state index is 0.0826. The Balaban J connectivity index is 2.36. The molecule has 0 aliphatic carbocycles. The number of rotatable bonds is 3. The summed E-state index contributed by atoms with van der Waals surface area (Å²) >= 11 is 0. The van der Waals surface area contributed by atoms with E-state index in [1.807, 2.05) is 4.90 Å². The number of likely N-dealkylation sites (tertiary alicyclic amines) is 1. The topological polar surface area (TPSA) is 58.4 Å². The van der Waals surface area contributed by atoms with Crippen LogP contribution in [0.5, 0.6) is 0 Å². The summed E-state index contributed by atoms with van der Waals surface area (Å²) < 4.78 is 0. The highest BCUT2D eigenvalue weighted by Crippen LogP contribution is 2.21. The number of piperidine rings is 1. The molecule has 3 N–H and O–H groups in total. The van der Waals surface area contributed by atoms with Crippen LogP contribution in [0.3, 0.4) is 0 Å². The minimum absolute atomic E-state index is 0.0826. The first-order valence-corrected chi connectivity index (χ1v) is 5.91. The fourth-order valence-electron chi connectivity index (χ4n) is 2.07. The number of carbonyl (C=O) groups is 1. The summed E-state index contributed by atoms with van der Waals surface area (Å²) in [5, 5.41) is 2.91. The Hall–Kier alpha value is -0.770. The number of nitrogens with one attached hydrogen (secondary N) is 1. The zero-order valence-electron chi connectivity index (χ0n) is 9.83. The number of carbonyl (C=O) groups excluding carboxylic acids is 1. The fraction of sp³-hybridized carbons (Fsp3) is 0.909. The van der Waals surface area contributed by atoms with Gasteiger partial charge in [0.1, 0.15) is 0 Å². The van der Waals surface area contributed by atoms with Gasteiger partial charge in [-0.15, -0.1) is 0 Å².